The first-order valence-corrected chi connectivity index (χ1v) is 3.87. The van der Waals surface area contributed by atoms with Gasteiger partial charge >= 0.3 is 12.4 Å². The van der Waals surface area contributed by atoms with Gasteiger partial charge < -0.3 is 5.21 Å². The van der Waals surface area contributed by atoms with Crippen LogP contribution >= 0.6 is 22.6 Å². The standard InChI is InChI=1S/C6H2F3INO/c7-6(8,9)4-1-5(10)3-11(12)2-4/h1,3H. The molecule has 0 fully saturated rings. The number of hydrogen-bond donors (Lipinski definition) is 0. The zero-order valence-corrected chi connectivity index (χ0v) is 7.68. The van der Waals surface area contributed by atoms with E-state index >= 15 is 0 Å². The van der Waals surface area contributed by atoms with E-state index in [9.17, 15) is 18.4 Å². The van der Waals surface area contributed by atoms with Gasteiger partial charge in [0.15, 0.2) is 6.20 Å². The van der Waals surface area contributed by atoms with Crippen LogP contribution in [0.5, 0.6) is 0 Å². The molecule has 0 N–H and O–H groups in total. The fourth-order valence-corrected chi connectivity index (χ4v) is 1.18. The molecule has 0 amide bonds. The van der Waals surface area contributed by atoms with Gasteiger partial charge in [-0.3, -0.25) is 0 Å². The second-order valence-electron chi connectivity index (χ2n) is 2.01. The summed E-state index contributed by atoms with van der Waals surface area (Å²) in [5.74, 6) is 0. The molecule has 0 unspecified atom stereocenters. The zero-order chi connectivity index (χ0) is 9.35. The van der Waals surface area contributed by atoms with E-state index in [1.807, 2.05) is 0 Å². The summed E-state index contributed by atoms with van der Waals surface area (Å²) in [6.07, 6.45) is -1.88. The molecule has 0 aliphatic heterocycles. The first-order chi connectivity index (χ1) is 5.39. The molecule has 0 aromatic carbocycles. The molecule has 65 valence electrons. The van der Waals surface area contributed by atoms with Crippen LogP contribution in [-0.2, 0) is 6.18 Å². The maximum atomic E-state index is 12.0. The van der Waals surface area contributed by atoms with Crippen molar-refractivity contribution >= 4 is 22.6 Å². The Morgan fingerprint density at radius 1 is 1.50 bits per heavy atom. The van der Waals surface area contributed by atoms with Crippen LogP contribution in [0.1, 0.15) is 5.56 Å². The van der Waals surface area contributed by atoms with Crippen LogP contribution in [0.25, 0.3) is 0 Å². The Bertz CT molecular complexity index is 279. The third-order valence-electron chi connectivity index (χ3n) is 1.06. The summed E-state index contributed by atoms with van der Waals surface area (Å²) in [6, 6.07) is 0.856. The summed E-state index contributed by atoms with van der Waals surface area (Å²) in [6.45, 7) is 0. The lowest BCUT2D eigenvalue weighted by molar-refractivity contribution is -0.611. The SMILES string of the molecule is [O-][n+]1[c]c(C(F)(F)F)cc(I)c1. The highest BCUT2D eigenvalue weighted by Gasteiger charge is 2.34. The van der Waals surface area contributed by atoms with Crippen molar-refractivity contribution in [2.24, 2.45) is 0 Å². The molecule has 0 atom stereocenters. The van der Waals surface area contributed by atoms with Gasteiger partial charge in [0, 0.05) is 0 Å². The van der Waals surface area contributed by atoms with Crippen molar-refractivity contribution in [3.8, 4) is 0 Å². The monoisotopic (exact) mass is 288 g/mol. The fourth-order valence-electron chi connectivity index (χ4n) is 0.616. The molecule has 0 saturated heterocycles. The van der Waals surface area contributed by atoms with Gasteiger partial charge in [-0.05, 0) is 28.7 Å². The lowest BCUT2D eigenvalue weighted by Gasteiger charge is -2.04. The Balaban J connectivity index is 3.18. The molecule has 0 aliphatic rings. The second kappa shape index (κ2) is 3.08. The first kappa shape index (κ1) is 9.56. The normalized spacial score (nSPS) is 11.7. The minimum atomic E-state index is -4.51. The van der Waals surface area contributed by atoms with E-state index in [2.05, 4.69) is 0 Å². The molecule has 12 heavy (non-hydrogen) atoms. The van der Waals surface area contributed by atoms with Crippen LogP contribution in [0.3, 0.4) is 0 Å². The number of hydrogen-bond acceptors (Lipinski definition) is 1. The molecule has 1 radical (unpaired) electrons. The molecule has 0 spiro atoms. The van der Waals surface area contributed by atoms with Crippen molar-refractivity contribution in [1.82, 2.24) is 0 Å². The van der Waals surface area contributed by atoms with Crippen LogP contribution in [0.4, 0.5) is 13.2 Å². The van der Waals surface area contributed by atoms with E-state index < -0.39 is 11.7 Å². The molecule has 6 heteroatoms. The molecule has 2 nitrogen and oxygen atoms in total. The largest absolute Gasteiger partial charge is 0.618 e. The quantitative estimate of drug-likeness (QED) is 0.406. The number of aromatic nitrogens is 1. The zero-order valence-electron chi connectivity index (χ0n) is 5.52. The van der Waals surface area contributed by atoms with Crippen molar-refractivity contribution in [1.29, 1.82) is 0 Å². The van der Waals surface area contributed by atoms with E-state index in [-0.39, 0.29) is 8.30 Å². The topological polar surface area (TPSA) is 26.9 Å². The summed E-state index contributed by atoms with van der Waals surface area (Å²) in [5, 5.41) is 10.5. The van der Waals surface area contributed by atoms with Gasteiger partial charge in [-0.25, -0.2) is 0 Å². The van der Waals surface area contributed by atoms with Gasteiger partial charge in [0.2, 0.25) is 0 Å². The highest BCUT2D eigenvalue weighted by Crippen LogP contribution is 2.28. The van der Waals surface area contributed by atoms with Gasteiger partial charge in [-0.2, -0.15) is 17.9 Å². The third kappa shape index (κ3) is 2.23. The molecule has 1 heterocycles. The number of pyridine rings is 1. The van der Waals surface area contributed by atoms with E-state index in [1.54, 1.807) is 28.8 Å². The van der Waals surface area contributed by atoms with Gasteiger partial charge in [-0.1, -0.05) is 0 Å². The van der Waals surface area contributed by atoms with Crippen LogP contribution in [0.2, 0.25) is 0 Å². The Labute approximate surface area is 79.7 Å². The number of nitrogens with zero attached hydrogens (tertiary/aromatic N) is 1. The molecule has 1 aromatic heterocycles. The number of rotatable bonds is 0. The molecular weight excluding hydrogens is 286 g/mol. The second-order valence-corrected chi connectivity index (χ2v) is 3.25. The lowest BCUT2D eigenvalue weighted by atomic mass is 10.3. The summed E-state index contributed by atoms with van der Waals surface area (Å²) < 4.78 is 36.1. The van der Waals surface area contributed by atoms with E-state index in [1.165, 1.54) is 0 Å². The Hall–Kier alpha value is -0.530. The average molecular weight is 288 g/mol. The van der Waals surface area contributed by atoms with Crippen molar-refractivity contribution < 1.29 is 17.9 Å². The Morgan fingerprint density at radius 3 is 2.50 bits per heavy atom. The predicted molar refractivity (Wildman–Crippen MR) is 42.0 cm³/mol. The maximum absolute atomic E-state index is 12.0. The number of halogens is 4. The van der Waals surface area contributed by atoms with E-state index in [0.29, 0.717) is 0 Å². The summed E-state index contributed by atoms with van der Waals surface area (Å²) in [4.78, 5) is 0. The van der Waals surface area contributed by atoms with Crippen LogP contribution < -0.4 is 4.73 Å². The van der Waals surface area contributed by atoms with E-state index in [0.717, 1.165) is 12.3 Å². The highest BCUT2D eigenvalue weighted by molar-refractivity contribution is 14.1. The number of alkyl halides is 3. The molecule has 0 saturated carbocycles. The Morgan fingerprint density at radius 2 is 2.08 bits per heavy atom. The van der Waals surface area contributed by atoms with Crippen molar-refractivity contribution in [2.75, 3.05) is 0 Å². The van der Waals surface area contributed by atoms with Gasteiger partial charge in [0.05, 0.1) is 3.57 Å². The van der Waals surface area contributed by atoms with Crippen LogP contribution in [-0.4, -0.2) is 0 Å². The highest BCUT2D eigenvalue weighted by atomic mass is 127. The van der Waals surface area contributed by atoms with Crippen molar-refractivity contribution in [3.63, 3.8) is 0 Å². The maximum Gasteiger partial charge on any atom is 0.423 e. The van der Waals surface area contributed by atoms with Crippen LogP contribution in [0, 0.1) is 15.0 Å². The van der Waals surface area contributed by atoms with Crippen LogP contribution in [0.15, 0.2) is 12.3 Å². The molecule has 1 rings (SSSR count). The van der Waals surface area contributed by atoms with Crippen molar-refractivity contribution in [2.45, 2.75) is 6.18 Å². The van der Waals surface area contributed by atoms with E-state index in [4.69, 9.17) is 0 Å². The lowest BCUT2D eigenvalue weighted by Crippen LogP contribution is -2.28. The van der Waals surface area contributed by atoms with Gasteiger partial charge in [0.25, 0.3) is 0 Å². The summed E-state index contributed by atoms with van der Waals surface area (Å²) in [5.41, 5.74) is -1.05. The Kier molecular flexibility index (Phi) is 2.45. The molecule has 0 bridgehead atoms. The minimum Gasteiger partial charge on any atom is -0.618 e. The molecule has 1 aromatic rings. The molecule has 0 aliphatic carbocycles. The smallest absolute Gasteiger partial charge is 0.423 e. The van der Waals surface area contributed by atoms with Gasteiger partial charge in [0.1, 0.15) is 5.56 Å². The van der Waals surface area contributed by atoms with Crippen molar-refractivity contribution in [3.05, 3.63) is 32.8 Å². The summed E-state index contributed by atoms with van der Waals surface area (Å²) in [7, 11) is 0. The first-order valence-electron chi connectivity index (χ1n) is 2.79. The fraction of sp³-hybridized carbons (Fsp3) is 0.167. The minimum absolute atomic E-state index is 0.0184. The average Bonchev–Trinajstić information content (AvgIpc) is 1.82. The van der Waals surface area contributed by atoms with Gasteiger partial charge in [-0.15, -0.1) is 0 Å². The third-order valence-corrected chi connectivity index (χ3v) is 1.65. The molecular formula is C6H2F3INO. The summed E-state index contributed by atoms with van der Waals surface area (Å²) >= 11 is 1.63. The predicted octanol–water partition coefficient (Wildman–Crippen LogP) is 1.74.